The van der Waals surface area contributed by atoms with E-state index in [1.807, 2.05) is 11.8 Å². The van der Waals surface area contributed by atoms with E-state index < -0.39 is 0 Å². The van der Waals surface area contributed by atoms with Crippen molar-refractivity contribution in [2.24, 2.45) is 0 Å². The summed E-state index contributed by atoms with van der Waals surface area (Å²) in [5, 5.41) is 1.53. The van der Waals surface area contributed by atoms with E-state index in [9.17, 15) is 0 Å². The summed E-state index contributed by atoms with van der Waals surface area (Å²) in [6.07, 6.45) is 3.66. The summed E-state index contributed by atoms with van der Waals surface area (Å²) in [6, 6.07) is 0.704. The van der Waals surface area contributed by atoms with E-state index in [-0.39, 0.29) is 0 Å². The van der Waals surface area contributed by atoms with Crippen LogP contribution >= 0.6 is 11.8 Å². The first-order valence-corrected chi connectivity index (χ1v) is 6.04. The van der Waals surface area contributed by atoms with Crippen LogP contribution in [0.2, 0.25) is 0 Å². The van der Waals surface area contributed by atoms with Gasteiger partial charge in [0.15, 0.2) is 0 Å². The van der Waals surface area contributed by atoms with E-state index in [0.29, 0.717) is 6.04 Å². The topological polar surface area (TPSA) is 6.48 Å². The predicted octanol–water partition coefficient (Wildman–Crippen LogP) is 1.60. The summed E-state index contributed by atoms with van der Waals surface area (Å²) in [4.78, 5) is 4.99. The molecule has 3 heteroatoms. The number of rotatable bonds is 1. The zero-order valence-electron chi connectivity index (χ0n) is 8.49. The first-order chi connectivity index (χ1) is 6.27. The molecular weight excluding hydrogens is 180 g/mol. The molecular formula is C10H18N2S. The molecule has 1 atom stereocenters. The molecule has 0 aromatic carbocycles. The van der Waals surface area contributed by atoms with Gasteiger partial charge in [-0.2, -0.15) is 0 Å². The SMILES string of the molecule is CC1CN(C2=CCCS2)CCN1C. The first kappa shape index (κ1) is 9.41. The zero-order chi connectivity index (χ0) is 9.26. The molecule has 2 rings (SSSR count). The van der Waals surface area contributed by atoms with E-state index in [0.717, 1.165) is 0 Å². The fraction of sp³-hybridized carbons (Fsp3) is 0.800. The number of hydrogen-bond donors (Lipinski definition) is 0. The Kier molecular flexibility index (Phi) is 2.84. The molecule has 1 fully saturated rings. The lowest BCUT2D eigenvalue weighted by Crippen LogP contribution is -2.48. The summed E-state index contributed by atoms with van der Waals surface area (Å²) < 4.78 is 0. The second kappa shape index (κ2) is 3.93. The smallest absolute Gasteiger partial charge is 0.0668 e. The van der Waals surface area contributed by atoms with Gasteiger partial charge in [0.2, 0.25) is 0 Å². The van der Waals surface area contributed by atoms with Gasteiger partial charge in [-0.1, -0.05) is 6.08 Å². The molecule has 0 radical (unpaired) electrons. The lowest BCUT2D eigenvalue weighted by molar-refractivity contribution is 0.137. The maximum Gasteiger partial charge on any atom is 0.0668 e. The summed E-state index contributed by atoms with van der Waals surface area (Å²) in [6.45, 7) is 5.93. The normalized spacial score (nSPS) is 30.8. The third-order valence-corrected chi connectivity index (χ3v) is 4.12. The highest BCUT2D eigenvalue weighted by molar-refractivity contribution is 8.03. The van der Waals surface area contributed by atoms with E-state index in [1.54, 1.807) is 0 Å². The molecule has 13 heavy (non-hydrogen) atoms. The Labute approximate surface area is 85.0 Å². The first-order valence-electron chi connectivity index (χ1n) is 5.05. The number of allylic oxidation sites excluding steroid dienone is 1. The maximum absolute atomic E-state index is 2.54. The van der Waals surface area contributed by atoms with Crippen LogP contribution in [-0.2, 0) is 0 Å². The number of nitrogens with zero attached hydrogens (tertiary/aromatic N) is 2. The van der Waals surface area contributed by atoms with Gasteiger partial charge < -0.3 is 9.80 Å². The molecule has 2 aliphatic heterocycles. The number of likely N-dealkylation sites (N-methyl/N-ethyl adjacent to an activating group) is 1. The number of piperazine rings is 1. The Morgan fingerprint density at radius 3 is 2.92 bits per heavy atom. The van der Waals surface area contributed by atoms with Crippen molar-refractivity contribution in [1.82, 2.24) is 9.80 Å². The largest absolute Gasteiger partial charge is 0.364 e. The van der Waals surface area contributed by atoms with Crippen molar-refractivity contribution in [1.29, 1.82) is 0 Å². The van der Waals surface area contributed by atoms with Gasteiger partial charge in [-0.25, -0.2) is 0 Å². The molecule has 74 valence electrons. The molecule has 0 aromatic rings. The third-order valence-electron chi connectivity index (χ3n) is 2.96. The lowest BCUT2D eigenvalue weighted by atomic mass is 10.2. The zero-order valence-corrected chi connectivity index (χ0v) is 9.31. The van der Waals surface area contributed by atoms with Gasteiger partial charge in [0.1, 0.15) is 0 Å². The van der Waals surface area contributed by atoms with Crippen molar-refractivity contribution in [2.75, 3.05) is 32.4 Å². The summed E-state index contributed by atoms with van der Waals surface area (Å²) in [5.41, 5.74) is 0. The average Bonchev–Trinajstić information content (AvgIpc) is 2.62. The Hall–Kier alpha value is -0.150. The molecule has 0 amide bonds. The molecule has 0 aliphatic carbocycles. The summed E-state index contributed by atoms with van der Waals surface area (Å²) in [5.74, 6) is 1.29. The van der Waals surface area contributed by atoms with Gasteiger partial charge in [0, 0.05) is 31.4 Å². The molecule has 0 bridgehead atoms. The summed E-state index contributed by atoms with van der Waals surface area (Å²) in [7, 11) is 2.22. The molecule has 2 aliphatic rings. The number of thioether (sulfide) groups is 1. The second-order valence-corrected chi connectivity index (χ2v) is 5.07. The lowest BCUT2D eigenvalue weighted by Gasteiger charge is -2.39. The molecule has 0 N–H and O–H groups in total. The fourth-order valence-electron chi connectivity index (χ4n) is 1.87. The third kappa shape index (κ3) is 2.02. The van der Waals surface area contributed by atoms with Crippen LogP contribution in [0.25, 0.3) is 0 Å². The van der Waals surface area contributed by atoms with Crippen LogP contribution in [0.3, 0.4) is 0 Å². The average molecular weight is 198 g/mol. The highest BCUT2D eigenvalue weighted by Crippen LogP contribution is 2.29. The van der Waals surface area contributed by atoms with Crippen LogP contribution in [0, 0.1) is 0 Å². The fourth-order valence-corrected chi connectivity index (χ4v) is 2.90. The molecule has 0 aromatic heterocycles. The quantitative estimate of drug-likeness (QED) is 0.632. The Bertz CT molecular complexity index is 215. The van der Waals surface area contributed by atoms with Crippen LogP contribution in [0.4, 0.5) is 0 Å². The minimum absolute atomic E-state index is 0.704. The van der Waals surface area contributed by atoms with Crippen molar-refractivity contribution < 1.29 is 0 Å². The van der Waals surface area contributed by atoms with Crippen molar-refractivity contribution in [2.45, 2.75) is 19.4 Å². The van der Waals surface area contributed by atoms with Crippen LogP contribution < -0.4 is 0 Å². The predicted molar refractivity (Wildman–Crippen MR) is 58.8 cm³/mol. The minimum atomic E-state index is 0.704. The van der Waals surface area contributed by atoms with Gasteiger partial charge in [-0.15, -0.1) is 11.8 Å². The van der Waals surface area contributed by atoms with E-state index >= 15 is 0 Å². The van der Waals surface area contributed by atoms with Gasteiger partial charge in [-0.3, -0.25) is 0 Å². The highest BCUT2D eigenvalue weighted by Gasteiger charge is 2.23. The van der Waals surface area contributed by atoms with Gasteiger partial charge in [0.25, 0.3) is 0 Å². The van der Waals surface area contributed by atoms with Gasteiger partial charge in [-0.05, 0) is 20.4 Å². The van der Waals surface area contributed by atoms with Crippen LogP contribution in [0.15, 0.2) is 11.1 Å². The van der Waals surface area contributed by atoms with Crippen LogP contribution in [0.5, 0.6) is 0 Å². The second-order valence-electron chi connectivity index (χ2n) is 3.96. The van der Waals surface area contributed by atoms with Crippen molar-refractivity contribution in [3.05, 3.63) is 11.1 Å². The van der Waals surface area contributed by atoms with E-state index in [1.165, 1.54) is 36.8 Å². The van der Waals surface area contributed by atoms with Crippen molar-refractivity contribution in [3.8, 4) is 0 Å². The number of hydrogen-bond acceptors (Lipinski definition) is 3. The highest BCUT2D eigenvalue weighted by atomic mass is 32.2. The molecule has 0 spiro atoms. The van der Waals surface area contributed by atoms with Crippen molar-refractivity contribution in [3.63, 3.8) is 0 Å². The molecule has 1 unspecified atom stereocenters. The van der Waals surface area contributed by atoms with Crippen LogP contribution in [0.1, 0.15) is 13.3 Å². The Morgan fingerprint density at radius 1 is 1.46 bits per heavy atom. The monoisotopic (exact) mass is 198 g/mol. The molecule has 1 saturated heterocycles. The molecule has 0 saturated carbocycles. The van der Waals surface area contributed by atoms with Crippen LogP contribution in [-0.4, -0.2) is 48.3 Å². The Balaban J connectivity index is 1.94. The minimum Gasteiger partial charge on any atom is -0.364 e. The standard InChI is InChI=1S/C10H18N2S/c1-9-8-12(6-5-11(9)2)10-4-3-7-13-10/h4,9H,3,5-8H2,1-2H3. The van der Waals surface area contributed by atoms with E-state index in [2.05, 4.69) is 29.8 Å². The van der Waals surface area contributed by atoms with Crippen molar-refractivity contribution >= 4 is 11.8 Å². The van der Waals surface area contributed by atoms with Gasteiger partial charge in [0.05, 0.1) is 5.03 Å². The van der Waals surface area contributed by atoms with E-state index in [4.69, 9.17) is 0 Å². The summed E-state index contributed by atoms with van der Waals surface area (Å²) >= 11 is 2.02. The van der Waals surface area contributed by atoms with Gasteiger partial charge >= 0.3 is 0 Å². The molecule has 2 heterocycles. The molecule has 2 nitrogen and oxygen atoms in total. The maximum atomic E-state index is 2.54. The Morgan fingerprint density at radius 2 is 2.31 bits per heavy atom.